The van der Waals surface area contributed by atoms with Gasteiger partial charge in [-0.3, -0.25) is 0 Å². The van der Waals surface area contributed by atoms with Crippen LogP contribution in [0.25, 0.3) is 11.1 Å². The molecule has 0 fully saturated rings. The number of hydrogen-bond donors (Lipinski definition) is 0. The molecule has 24 heavy (non-hydrogen) atoms. The van der Waals surface area contributed by atoms with E-state index in [1.165, 1.54) is 5.56 Å². The van der Waals surface area contributed by atoms with Crippen molar-refractivity contribution in [2.75, 3.05) is 14.2 Å². The van der Waals surface area contributed by atoms with Crippen molar-refractivity contribution in [1.29, 1.82) is 0 Å². The van der Waals surface area contributed by atoms with Gasteiger partial charge in [-0.05, 0) is 41.5 Å². The molecule has 1 heterocycles. The lowest BCUT2D eigenvalue weighted by Crippen LogP contribution is -2.15. The highest BCUT2D eigenvalue weighted by Crippen LogP contribution is 2.45. The fraction of sp³-hybridized carbons (Fsp3) is 0.143. The summed E-state index contributed by atoms with van der Waals surface area (Å²) >= 11 is 0. The molecule has 0 saturated heterocycles. The van der Waals surface area contributed by atoms with Crippen molar-refractivity contribution in [3.8, 4) is 28.4 Å². The van der Waals surface area contributed by atoms with Gasteiger partial charge in [0, 0.05) is 11.1 Å². The van der Waals surface area contributed by atoms with Crippen LogP contribution in [0.5, 0.6) is 17.2 Å². The Morgan fingerprint density at radius 2 is 1.46 bits per heavy atom. The Morgan fingerprint density at radius 1 is 0.750 bits per heavy atom. The largest absolute Gasteiger partial charge is 0.497 e. The number of rotatable bonds is 3. The van der Waals surface area contributed by atoms with Crippen molar-refractivity contribution in [3.63, 3.8) is 0 Å². The summed E-state index contributed by atoms with van der Waals surface area (Å²) in [5, 5.41) is 0. The van der Waals surface area contributed by atoms with Gasteiger partial charge in [0.2, 0.25) is 0 Å². The molecule has 3 aromatic rings. The van der Waals surface area contributed by atoms with E-state index in [1.54, 1.807) is 14.2 Å². The van der Waals surface area contributed by atoms with Crippen LogP contribution in [0, 0.1) is 0 Å². The van der Waals surface area contributed by atoms with Crippen LogP contribution in [-0.4, -0.2) is 14.2 Å². The van der Waals surface area contributed by atoms with E-state index in [2.05, 4.69) is 30.3 Å². The Kier molecular flexibility index (Phi) is 3.62. The van der Waals surface area contributed by atoms with Crippen LogP contribution in [-0.2, 0) is 0 Å². The Morgan fingerprint density at radius 3 is 2.21 bits per heavy atom. The maximum absolute atomic E-state index is 6.32. The summed E-state index contributed by atoms with van der Waals surface area (Å²) in [6.45, 7) is 0. The first kappa shape index (κ1) is 14.6. The van der Waals surface area contributed by atoms with Crippen molar-refractivity contribution < 1.29 is 14.2 Å². The van der Waals surface area contributed by atoms with Crippen molar-refractivity contribution in [1.82, 2.24) is 0 Å². The van der Waals surface area contributed by atoms with E-state index in [1.807, 2.05) is 36.4 Å². The maximum Gasteiger partial charge on any atom is 0.149 e. The minimum atomic E-state index is -0.131. The van der Waals surface area contributed by atoms with E-state index in [4.69, 9.17) is 14.2 Å². The molecule has 0 spiro atoms. The summed E-state index contributed by atoms with van der Waals surface area (Å²) < 4.78 is 16.9. The summed E-state index contributed by atoms with van der Waals surface area (Å²) in [5.74, 6) is 2.54. The van der Waals surface area contributed by atoms with Gasteiger partial charge in [0.25, 0.3) is 0 Å². The molecule has 0 aromatic heterocycles. The first-order valence-corrected chi connectivity index (χ1v) is 7.88. The quantitative estimate of drug-likeness (QED) is 0.691. The van der Waals surface area contributed by atoms with E-state index >= 15 is 0 Å². The standard InChI is InChI=1S/C21H18O3/c1-22-15-9-7-14(8-10-15)21-18-6-4-3-5-17(18)19-13-16(23-2)11-12-20(19)24-21/h3-13,21H,1-2H3. The fourth-order valence-electron chi connectivity index (χ4n) is 3.14. The molecule has 1 aliphatic heterocycles. The zero-order chi connectivity index (χ0) is 16.5. The molecule has 0 bridgehead atoms. The lowest BCUT2D eigenvalue weighted by Gasteiger charge is -2.29. The second-order valence-corrected chi connectivity index (χ2v) is 5.72. The third-order valence-corrected chi connectivity index (χ3v) is 4.38. The van der Waals surface area contributed by atoms with Crippen LogP contribution < -0.4 is 14.2 Å². The van der Waals surface area contributed by atoms with E-state index in [-0.39, 0.29) is 6.10 Å². The van der Waals surface area contributed by atoms with Gasteiger partial charge in [0.1, 0.15) is 23.4 Å². The molecule has 3 heteroatoms. The van der Waals surface area contributed by atoms with Gasteiger partial charge in [-0.25, -0.2) is 0 Å². The number of benzene rings is 3. The normalized spacial score (nSPS) is 15.0. The fourth-order valence-corrected chi connectivity index (χ4v) is 3.14. The van der Waals surface area contributed by atoms with Crippen molar-refractivity contribution >= 4 is 0 Å². The highest BCUT2D eigenvalue weighted by Gasteiger charge is 2.27. The van der Waals surface area contributed by atoms with Gasteiger partial charge in [-0.15, -0.1) is 0 Å². The van der Waals surface area contributed by atoms with Crippen LogP contribution in [0.2, 0.25) is 0 Å². The molecular weight excluding hydrogens is 300 g/mol. The summed E-state index contributed by atoms with van der Waals surface area (Å²) in [5.41, 5.74) is 4.50. The predicted molar refractivity (Wildman–Crippen MR) is 93.9 cm³/mol. The van der Waals surface area contributed by atoms with Gasteiger partial charge < -0.3 is 14.2 Å². The summed E-state index contributed by atoms with van der Waals surface area (Å²) in [7, 11) is 3.35. The molecule has 1 atom stereocenters. The van der Waals surface area contributed by atoms with Gasteiger partial charge in [-0.2, -0.15) is 0 Å². The minimum absolute atomic E-state index is 0.131. The molecule has 0 saturated carbocycles. The molecule has 0 amide bonds. The van der Waals surface area contributed by atoms with E-state index in [9.17, 15) is 0 Å². The SMILES string of the molecule is COc1ccc(C2Oc3ccc(OC)cc3-c3ccccc32)cc1. The third kappa shape index (κ3) is 2.38. The molecule has 0 radical (unpaired) electrons. The lowest BCUT2D eigenvalue weighted by molar-refractivity contribution is 0.243. The van der Waals surface area contributed by atoms with Crippen LogP contribution in [0.15, 0.2) is 66.7 Å². The number of ether oxygens (including phenoxy) is 3. The van der Waals surface area contributed by atoms with Gasteiger partial charge in [0.15, 0.2) is 0 Å². The third-order valence-electron chi connectivity index (χ3n) is 4.38. The molecule has 1 unspecified atom stereocenters. The number of methoxy groups -OCH3 is 2. The van der Waals surface area contributed by atoms with Gasteiger partial charge in [-0.1, -0.05) is 36.4 Å². The predicted octanol–water partition coefficient (Wildman–Crippen LogP) is 4.85. The average molecular weight is 318 g/mol. The molecule has 4 rings (SSSR count). The first-order chi connectivity index (χ1) is 11.8. The molecule has 1 aliphatic rings. The summed E-state index contributed by atoms with van der Waals surface area (Å²) in [4.78, 5) is 0. The Bertz CT molecular complexity index is 869. The topological polar surface area (TPSA) is 27.7 Å². The Balaban J connectivity index is 1.83. The average Bonchev–Trinajstić information content (AvgIpc) is 2.67. The van der Waals surface area contributed by atoms with Crippen LogP contribution in [0.1, 0.15) is 17.2 Å². The number of fused-ring (bicyclic) bond motifs is 3. The van der Waals surface area contributed by atoms with Crippen LogP contribution in [0.4, 0.5) is 0 Å². The van der Waals surface area contributed by atoms with Crippen molar-refractivity contribution in [2.24, 2.45) is 0 Å². The highest BCUT2D eigenvalue weighted by molar-refractivity contribution is 5.77. The Labute approximate surface area is 141 Å². The van der Waals surface area contributed by atoms with Crippen LogP contribution >= 0.6 is 0 Å². The summed E-state index contributed by atoms with van der Waals surface area (Å²) in [6.07, 6.45) is -0.131. The zero-order valence-corrected chi connectivity index (χ0v) is 13.7. The maximum atomic E-state index is 6.32. The molecule has 3 nitrogen and oxygen atoms in total. The lowest BCUT2D eigenvalue weighted by atomic mass is 9.89. The van der Waals surface area contributed by atoms with E-state index in [0.717, 1.165) is 33.9 Å². The molecule has 3 aromatic carbocycles. The van der Waals surface area contributed by atoms with Crippen molar-refractivity contribution in [2.45, 2.75) is 6.10 Å². The van der Waals surface area contributed by atoms with E-state index in [0.29, 0.717) is 0 Å². The first-order valence-electron chi connectivity index (χ1n) is 7.88. The molecule has 120 valence electrons. The molecule has 0 aliphatic carbocycles. The Hall–Kier alpha value is -2.94. The smallest absolute Gasteiger partial charge is 0.149 e. The second kappa shape index (κ2) is 5.93. The monoisotopic (exact) mass is 318 g/mol. The zero-order valence-electron chi connectivity index (χ0n) is 13.7. The molecule has 0 N–H and O–H groups in total. The van der Waals surface area contributed by atoms with Gasteiger partial charge >= 0.3 is 0 Å². The second-order valence-electron chi connectivity index (χ2n) is 5.72. The highest BCUT2D eigenvalue weighted by atomic mass is 16.5. The van der Waals surface area contributed by atoms with Crippen LogP contribution in [0.3, 0.4) is 0 Å². The molecular formula is C21H18O3. The van der Waals surface area contributed by atoms with E-state index < -0.39 is 0 Å². The summed E-state index contributed by atoms with van der Waals surface area (Å²) in [6, 6.07) is 22.3. The van der Waals surface area contributed by atoms with Gasteiger partial charge in [0.05, 0.1) is 14.2 Å². The number of hydrogen-bond acceptors (Lipinski definition) is 3. The van der Waals surface area contributed by atoms with Crippen molar-refractivity contribution in [3.05, 3.63) is 77.9 Å². The minimum Gasteiger partial charge on any atom is -0.497 e.